The molecule has 2 unspecified atom stereocenters. The molecule has 2 heterocycles. The molecule has 0 aliphatic carbocycles. The van der Waals surface area contributed by atoms with Gasteiger partial charge in [-0.1, -0.05) is 18.2 Å². The van der Waals surface area contributed by atoms with Crippen LogP contribution in [0.3, 0.4) is 0 Å². The molecule has 0 saturated carbocycles. The number of aromatic nitrogens is 1. The lowest BCUT2D eigenvalue weighted by Crippen LogP contribution is -2.47. The zero-order chi connectivity index (χ0) is 18.0. The molecule has 1 aliphatic rings. The molecule has 3 rings (SSSR count). The van der Waals surface area contributed by atoms with E-state index in [1.54, 1.807) is 53.7 Å². The number of carboxylic acids is 1. The Bertz CT molecular complexity index is 776. The Labute approximate surface area is 146 Å². The van der Waals surface area contributed by atoms with Crippen molar-refractivity contribution in [2.45, 2.75) is 12.0 Å². The third kappa shape index (κ3) is 3.25. The summed E-state index contributed by atoms with van der Waals surface area (Å²) >= 11 is 0. The second-order valence-corrected chi connectivity index (χ2v) is 6.43. The fraction of sp³-hybridized carbons (Fsp3) is 0.316. The van der Waals surface area contributed by atoms with E-state index >= 15 is 0 Å². The SMILES string of the molecule is CN(C)CCN1C(=O)c2ccccc2C(C(=O)O)C1c1ccncc1. The van der Waals surface area contributed by atoms with Crippen molar-refractivity contribution in [3.63, 3.8) is 0 Å². The summed E-state index contributed by atoms with van der Waals surface area (Å²) in [4.78, 5) is 32.9. The van der Waals surface area contributed by atoms with E-state index in [9.17, 15) is 14.7 Å². The number of fused-ring (bicyclic) bond motifs is 1. The van der Waals surface area contributed by atoms with E-state index in [4.69, 9.17) is 0 Å². The second kappa shape index (κ2) is 7.03. The monoisotopic (exact) mass is 339 g/mol. The molecule has 2 atom stereocenters. The molecule has 6 heteroatoms. The maximum absolute atomic E-state index is 13.1. The van der Waals surface area contributed by atoms with Gasteiger partial charge in [0.05, 0.1) is 6.04 Å². The highest BCUT2D eigenvalue weighted by Crippen LogP contribution is 2.42. The number of carboxylic acid groups (broad SMARTS) is 1. The Morgan fingerprint density at radius 3 is 2.52 bits per heavy atom. The zero-order valence-corrected chi connectivity index (χ0v) is 14.3. The summed E-state index contributed by atoms with van der Waals surface area (Å²) in [6.45, 7) is 1.11. The Balaban J connectivity index is 2.14. The van der Waals surface area contributed by atoms with Crippen molar-refractivity contribution in [1.29, 1.82) is 0 Å². The average molecular weight is 339 g/mol. The third-order valence-electron chi connectivity index (χ3n) is 4.54. The van der Waals surface area contributed by atoms with Gasteiger partial charge < -0.3 is 14.9 Å². The van der Waals surface area contributed by atoms with Crippen LogP contribution >= 0.6 is 0 Å². The maximum atomic E-state index is 13.1. The van der Waals surface area contributed by atoms with Crippen LogP contribution in [-0.2, 0) is 4.79 Å². The van der Waals surface area contributed by atoms with E-state index in [0.29, 0.717) is 24.2 Å². The van der Waals surface area contributed by atoms with Gasteiger partial charge in [-0.2, -0.15) is 0 Å². The third-order valence-corrected chi connectivity index (χ3v) is 4.54. The van der Waals surface area contributed by atoms with Gasteiger partial charge in [0.2, 0.25) is 0 Å². The standard InChI is InChI=1S/C19H21N3O3/c1-21(2)11-12-22-17(13-7-9-20-10-8-13)16(19(24)25)14-5-3-4-6-15(14)18(22)23/h3-10,16-17H,11-12H2,1-2H3,(H,24,25). The molecule has 1 aromatic heterocycles. The van der Waals surface area contributed by atoms with E-state index < -0.39 is 17.9 Å². The first-order valence-corrected chi connectivity index (χ1v) is 8.18. The summed E-state index contributed by atoms with van der Waals surface area (Å²) in [5, 5.41) is 9.93. The van der Waals surface area contributed by atoms with Gasteiger partial charge in [0.25, 0.3) is 5.91 Å². The van der Waals surface area contributed by atoms with Crippen LogP contribution in [0, 0.1) is 0 Å². The van der Waals surface area contributed by atoms with Crippen LogP contribution in [0.4, 0.5) is 0 Å². The van der Waals surface area contributed by atoms with E-state index in [2.05, 4.69) is 4.98 Å². The van der Waals surface area contributed by atoms with Gasteiger partial charge in [0.15, 0.2) is 0 Å². The van der Waals surface area contributed by atoms with Gasteiger partial charge in [0, 0.05) is 31.0 Å². The zero-order valence-electron chi connectivity index (χ0n) is 14.3. The maximum Gasteiger partial charge on any atom is 0.313 e. The van der Waals surface area contributed by atoms with Crippen LogP contribution in [0.15, 0.2) is 48.8 Å². The minimum Gasteiger partial charge on any atom is -0.481 e. The van der Waals surface area contributed by atoms with E-state index in [1.807, 2.05) is 19.0 Å². The molecule has 0 fully saturated rings. The summed E-state index contributed by atoms with van der Waals surface area (Å²) in [7, 11) is 3.86. The van der Waals surface area contributed by atoms with Gasteiger partial charge in [-0.05, 0) is 43.4 Å². The lowest BCUT2D eigenvalue weighted by molar-refractivity contribution is -0.140. The van der Waals surface area contributed by atoms with Gasteiger partial charge in [-0.15, -0.1) is 0 Å². The summed E-state index contributed by atoms with van der Waals surface area (Å²) in [6.07, 6.45) is 3.26. The van der Waals surface area contributed by atoms with Gasteiger partial charge in [-0.3, -0.25) is 14.6 Å². The highest BCUT2D eigenvalue weighted by atomic mass is 16.4. The number of carbonyl (C=O) groups is 2. The molecule has 0 saturated heterocycles. The van der Waals surface area contributed by atoms with Crippen molar-refractivity contribution < 1.29 is 14.7 Å². The number of carbonyl (C=O) groups excluding carboxylic acids is 1. The molecule has 1 aliphatic heterocycles. The summed E-state index contributed by atoms with van der Waals surface area (Å²) in [5.41, 5.74) is 1.82. The number of rotatable bonds is 5. The Morgan fingerprint density at radius 2 is 1.88 bits per heavy atom. The normalized spacial score (nSPS) is 19.8. The number of pyridine rings is 1. The fourth-order valence-electron chi connectivity index (χ4n) is 3.34. The van der Waals surface area contributed by atoms with Crippen LogP contribution in [0.25, 0.3) is 0 Å². The first kappa shape index (κ1) is 17.1. The van der Waals surface area contributed by atoms with Crippen molar-refractivity contribution >= 4 is 11.9 Å². The first-order chi connectivity index (χ1) is 12.0. The van der Waals surface area contributed by atoms with Gasteiger partial charge in [-0.25, -0.2) is 0 Å². The van der Waals surface area contributed by atoms with Crippen molar-refractivity contribution in [3.05, 3.63) is 65.5 Å². The molecule has 2 aromatic rings. The smallest absolute Gasteiger partial charge is 0.313 e. The number of hydrogen-bond acceptors (Lipinski definition) is 4. The Hall–Kier alpha value is -2.73. The predicted octanol–water partition coefficient (Wildman–Crippen LogP) is 2.01. The van der Waals surface area contributed by atoms with Crippen molar-refractivity contribution in [3.8, 4) is 0 Å². The molecule has 25 heavy (non-hydrogen) atoms. The molecule has 1 amide bonds. The molecular formula is C19H21N3O3. The topological polar surface area (TPSA) is 73.7 Å². The number of aliphatic carboxylic acids is 1. The highest BCUT2D eigenvalue weighted by Gasteiger charge is 2.43. The second-order valence-electron chi connectivity index (χ2n) is 6.43. The minimum absolute atomic E-state index is 0.128. The molecule has 0 radical (unpaired) electrons. The largest absolute Gasteiger partial charge is 0.481 e. The van der Waals surface area contributed by atoms with Gasteiger partial charge in [0.1, 0.15) is 5.92 Å². The Morgan fingerprint density at radius 1 is 1.20 bits per heavy atom. The van der Waals surface area contributed by atoms with E-state index in [0.717, 1.165) is 5.56 Å². The molecular weight excluding hydrogens is 318 g/mol. The molecule has 130 valence electrons. The lowest BCUT2D eigenvalue weighted by atomic mass is 9.80. The number of amides is 1. The number of hydrogen-bond donors (Lipinski definition) is 1. The Kier molecular flexibility index (Phi) is 4.81. The van der Waals surface area contributed by atoms with Crippen molar-refractivity contribution in [1.82, 2.24) is 14.8 Å². The average Bonchev–Trinajstić information content (AvgIpc) is 2.61. The molecule has 0 spiro atoms. The molecule has 1 N–H and O–H groups in total. The van der Waals surface area contributed by atoms with E-state index in [1.165, 1.54) is 0 Å². The van der Waals surface area contributed by atoms with Crippen LogP contribution < -0.4 is 0 Å². The summed E-state index contributed by atoms with van der Waals surface area (Å²) in [6, 6.07) is 10.0. The molecule has 0 bridgehead atoms. The van der Waals surface area contributed by atoms with Crippen LogP contribution in [0.2, 0.25) is 0 Å². The lowest BCUT2D eigenvalue weighted by Gasteiger charge is -2.41. The van der Waals surface area contributed by atoms with Crippen LogP contribution in [0.1, 0.15) is 33.4 Å². The molecule has 6 nitrogen and oxygen atoms in total. The number of nitrogens with zero attached hydrogens (tertiary/aromatic N) is 3. The first-order valence-electron chi connectivity index (χ1n) is 8.18. The van der Waals surface area contributed by atoms with Crippen molar-refractivity contribution in [2.24, 2.45) is 0 Å². The van der Waals surface area contributed by atoms with Gasteiger partial charge >= 0.3 is 5.97 Å². The quantitative estimate of drug-likeness (QED) is 0.902. The fourth-order valence-corrected chi connectivity index (χ4v) is 3.34. The minimum atomic E-state index is -0.934. The summed E-state index contributed by atoms with van der Waals surface area (Å²) in [5.74, 6) is -1.87. The van der Waals surface area contributed by atoms with Crippen LogP contribution in [0.5, 0.6) is 0 Å². The van der Waals surface area contributed by atoms with Crippen LogP contribution in [-0.4, -0.2) is 59.0 Å². The number of benzene rings is 1. The summed E-state index contributed by atoms with van der Waals surface area (Å²) < 4.78 is 0. The molecule has 1 aromatic carbocycles. The van der Waals surface area contributed by atoms with Crippen molar-refractivity contribution in [2.75, 3.05) is 27.2 Å². The number of likely N-dealkylation sites (N-methyl/N-ethyl adjacent to an activating group) is 1. The predicted molar refractivity (Wildman–Crippen MR) is 93.4 cm³/mol. The highest BCUT2D eigenvalue weighted by molar-refractivity contribution is 6.00. The van der Waals surface area contributed by atoms with E-state index in [-0.39, 0.29) is 5.91 Å².